The molecule has 0 fully saturated rings. The molecule has 0 aliphatic rings. The Morgan fingerprint density at radius 2 is 1.81 bits per heavy atom. The van der Waals surface area contributed by atoms with E-state index in [1.807, 2.05) is 13.8 Å². The van der Waals surface area contributed by atoms with Crippen LogP contribution in [0.3, 0.4) is 0 Å². The number of aryl methyl sites for hydroxylation is 2. The summed E-state index contributed by atoms with van der Waals surface area (Å²) < 4.78 is 36.5. The van der Waals surface area contributed by atoms with Gasteiger partial charge in [-0.2, -0.15) is 13.2 Å². The summed E-state index contributed by atoms with van der Waals surface area (Å²) in [5, 5.41) is 5.47. The van der Waals surface area contributed by atoms with Crippen LogP contribution >= 0.6 is 0 Å². The smallest absolute Gasteiger partial charge is 0.378 e. The predicted molar refractivity (Wildman–Crippen MR) is 76.4 cm³/mol. The summed E-state index contributed by atoms with van der Waals surface area (Å²) in [6, 6.07) is 6.72. The number of H-pyrrole nitrogens is 1. The molecule has 0 radical (unpaired) electrons. The molecule has 0 spiro atoms. The number of hydrogen-bond donors (Lipinski definition) is 3. The van der Waals surface area contributed by atoms with Gasteiger partial charge in [0.1, 0.15) is 12.4 Å². The highest BCUT2D eigenvalue weighted by atomic mass is 19.4. The molecule has 114 valence electrons. The minimum absolute atomic E-state index is 0.420. The number of nitrogens with zero attached hydrogens (tertiary/aromatic N) is 1. The van der Waals surface area contributed by atoms with Gasteiger partial charge in [-0.1, -0.05) is 6.07 Å². The lowest BCUT2D eigenvalue weighted by atomic mass is 10.2. The Bertz CT molecular complexity index is 585. The SMILES string of the molecule is Cc1nc(CNc2cccc(NCC(F)(F)F)c2)[nH]c1C. The molecule has 4 nitrogen and oxygen atoms in total. The van der Waals surface area contributed by atoms with Crippen LogP contribution in [0.2, 0.25) is 0 Å². The van der Waals surface area contributed by atoms with Crippen molar-refractivity contribution in [3.63, 3.8) is 0 Å². The Morgan fingerprint density at radius 1 is 1.14 bits per heavy atom. The molecule has 0 bridgehead atoms. The lowest BCUT2D eigenvalue weighted by Crippen LogP contribution is -2.21. The summed E-state index contributed by atoms with van der Waals surface area (Å²) >= 11 is 0. The number of hydrogen-bond acceptors (Lipinski definition) is 3. The molecule has 7 heteroatoms. The minimum atomic E-state index is -4.23. The summed E-state index contributed by atoms with van der Waals surface area (Å²) in [4.78, 5) is 7.47. The standard InChI is InChI=1S/C14H17F3N4/c1-9-10(2)21-13(20-9)7-18-11-4-3-5-12(6-11)19-8-14(15,16)17/h3-6,18-19H,7-8H2,1-2H3,(H,20,21). The summed E-state index contributed by atoms with van der Waals surface area (Å²) in [6.07, 6.45) is -4.23. The number of imidazole rings is 1. The monoisotopic (exact) mass is 298 g/mol. The first-order valence-corrected chi connectivity index (χ1v) is 6.50. The lowest BCUT2D eigenvalue weighted by molar-refractivity contribution is -0.115. The second-order valence-electron chi connectivity index (χ2n) is 4.80. The van der Waals surface area contributed by atoms with Crippen LogP contribution in [-0.4, -0.2) is 22.7 Å². The average Bonchev–Trinajstić information content (AvgIpc) is 2.73. The molecule has 0 aliphatic carbocycles. The van der Waals surface area contributed by atoms with Crippen molar-refractivity contribution in [2.24, 2.45) is 0 Å². The van der Waals surface area contributed by atoms with E-state index in [9.17, 15) is 13.2 Å². The number of nitrogens with one attached hydrogen (secondary N) is 3. The summed E-state index contributed by atoms with van der Waals surface area (Å²) in [5.41, 5.74) is 3.10. The molecule has 2 rings (SSSR count). The van der Waals surface area contributed by atoms with Crippen LogP contribution in [0.15, 0.2) is 24.3 Å². The normalized spacial score (nSPS) is 11.5. The molecule has 0 saturated heterocycles. The van der Waals surface area contributed by atoms with Gasteiger partial charge in [-0.25, -0.2) is 4.98 Å². The first-order valence-electron chi connectivity index (χ1n) is 6.50. The van der Waals surface area contributed by atoms with Crippen molar-refractivity contribution >= 4 is 11.4 Å². The molecular formula is C14H17F3N4. The minimum Gasteiger partial charge on any atom is -0.378 e. The van der Waals surface area contributed by atoms with Crippen LogP contribution in [0.5, 0.6) is 0 Å². The van der Waals surface area contributed by atoms with Gasteiger partial charge in [-0.05, 0) is 32.0 Å². The summed E-state index contributed by atoms with van der Waals surface area (Å²) in [7, 11) is 0. The highest BCUT2D eigenvalue weighted by molar-refractivity contribution is 5.56. The van der Waals surface area contributed by atoms with E-state index in [1.165, 1.54) is 0 Å². The van der Waals surface area contributed by atoms with Gasteiger partial charge in [0, 0.05) is 17.1 Å². The van der Waals surface area contributed by atoms with Crippen LogP contribution in [0, 0.1) is 13.8 Å². The third-order valence-corrected chi connectivity index (χ3v) is 2.99. The van der Waals surface area contributed by atoms with E-state index in [4.69, 9.17) is 0 Å². The van der Waals surface area contributed by atoms with Crippen LogP contribution < -0.4 is 10.6 Å². The molecule has 1 aromatic heterocycles. The van der Waals surface area contributed by atoms with Gasteiger partial charge in [0.15, 0.2) is 0 Å². The van der Waals surface area contributed by atoms with Gasteiger partial charge in [0.25, 0.3) is 0 Å². The van der Waals surface area contributed by atoms with E-state index >= 15 is 0 Å². The van der Waals surface area contributed by atoms with Crippen molar-refractivity contribution in [3.05, 3.63) is 41.5 Å². The van der Waals surface area contributed by atoms with Crippen LogP contribution in [0.1, 0.15) is 17.2 Å². The van der Waals surface area contributed by atoms with Gasteiger partial charge in [-0.15, -0.1) is 0 Å². The number of halogens is 3. The number of rotatable bonds is 5. The molecule has 3 N–H and O–H groups in total. The number of aromatic amines is 1. The van der Waals surface area contributed by atoms with Gasteiger partial charge in [-0.3, -0.25) is 0 Å². The van der Waals surface area contributed by atoms with E-state index in [2.05, 4.69) is 20.6 Å². The summed E-state index contributed by atoms with van der Waals surface area (Å²) in [5.74, 6) is 0.790. The number of alkyl halides is 3. The molecule has 2 aromatic rings. The van der Waals surface area contributed by atoms with Crippen molar-refractivity contribution in [2.75, 3.05) is 17.2 Å². The maximum Gasteiger partial charge on any atom is 0.405 e. The van der Waals surface area contributed by atoms with Gasteiger partial charge >= 0.3 is 6.18 Å². The Balaban J connectivity index is 1.94. The molecule has 0 unspecified atom stereocenters. The fourth-order valence-corrected chi connectivity index (χ4v) is 1.83. The Hall–Kier alpha value is -2.18. The average molecular weight is 298 g/mol. The van der Waals surface area contributed by atoms with Crippen molar-refractivity contribution < 1.29 is 13.2 Å². The second kappa shape index (κ2) is 6.07. The zero-order valence-electron chi connectivity index (χ0n) is 11.8. The van der Waals surface area contributed by atoms with Crippen molar-refractivity contribution in [1.82, 2.24) is 9.97 Å². The molecule has 1 aromatic carbocycles. The molecular weight excluding hydrogens is 281 g/mol. The Kier molecular flexibility index (Phi) is 4.40. The number of anilines is 2. The van der Waals surface area contributed by atoms with Crippen LogP contribution in [0.4, 0.5) is 24.5 Å². The third-order valence-electron chi connectivity index (χ3n) is 2.99. The second-order valence-corrected chi connectivity index (χ2v) is 4.80. The lowest BCUT2D eigenvalue weighted by Gasteiger charge is -2.11. The molecule has 1 heterocycles. The molecule has 0 saturated carbocycles. The molecule has 0 atom stereocenters. The van der Waals surface area contributed by atoms with Gasteiger partial charge < -0.3 is 15.6 Å². The quantitative estimate of drug-likeness (QED) is 0.790. The first kappa shape index (κ1) is 15.2. The number of aromatic nitrogens is 2. The largest absolute Gasteiger partial charge is 0.405 e. The van der Waals surface area contributed by atoms with E-state index in [0.717, 1.165) is 22.9 Å². The van der Waals surface area contributed by atoms with Crippen molar-refractivity contribution in [1.29, 1.82) is 0 Å². The fraction of sp³-hybridized carbons (Fsp3) is 0.357. The fourth-order valence-electron chi connectivity index (χ4n) is 1.83. The van der Waals surface area contributed by atoms with E-state index in [0.29, 0.717) is 12.2 Å². The third kappa shape index (κ3) is 4.70. The van der Waals surface area contributed by atoms with E-state index in [1.54, 1.807) is 24.3 Å². The highest BCUT2D eigenvalue weighted by Gasteiger charge is 2.26. The maximum absolute atomic E-state index is 12.2. The van der Waals surface area contributed by atoms with Crippen LogP contribution in [0.25, 0.3) is 0 Å². The molecule has 0 aliphatic heterocycles. The summed E-state index contributed by atoms with van der Waals surface area (Å²) in [6.45, 7) is 3.29. The highest BCUT2D eigenvalue weighted by Crippen LogP contribution is 2.19. The maximum atomic E-state index is 12.2. The first-order chi connectivity index (χ1) is 9.83. The van der Waals surface area contributed by atoms with Crippen molar-refractivity contribution in [2.45, 2.75) is 26.6 Å². The Labute approximate surface area is 120 Å². The zero-order chi connectivity index (χ0) is 15.5. The van der Waals surface area contributed by atoms with Crippen molar-refractivity contribution in [3.8, 4) is 0 Å². The molecule has 0 amide bonds. The van der Waals surface area contributed by atoms with Crippen LogP contribution in [-0.2, 0) is 6.54 Å². The molecule has 21 heavy (non-hydrogen) atoms. The van der Waals surface area contributed by atoms with Gasteiger partial charge in [0.2, 0.25) is 0 Å². The number of benzene rings is 1. The van der Waals surface area contributed by atoms with E-state index in [-0.39, 0.29) is 0 Å². The van der Waals surface area contributed by atoms with Gasteiger partial charge in [0.05, 0.1) is 12.2 Å². The van der Waals surface area contributed by atoms with E-state index < -0.39 is 12.7 Å². The topological polar surface area (TPSA) is 52.7 Å². The predicted octanol–water partition coefficient (Wildman–Crippen LogP) is 3.61. The Morgan fingerprint density at radius 3 is 2.38 bits per heavy atom. The zero-order valence-corrected chi connectivity index (χ0v) is 11.8.